The molecule has 6 nitrogen and oxygen atoms in total. The van der Waals surface area contributed by atoms with Gasteiger partial charge in [-0.2, -0.15) is 0 Å². The summed E-state index contributed by atoms with van der Waals surface area (Å²) in [5.41, 5.74) is 1.26. The van der Waals surface area contributed by atoms with Gasteiger partial charge in [-0.3, -0.25) is 9.59 Å². The highest BCUT2D eigenvalue weighted by molar-refractivity contribution is 7.91. The van der Waals surface area contributed by atoms with E-state index in [0.717, 1.165) is 5.56 Å². The molecule has 0 unspecified atom stereocenters. The summed E-state index contributed by atoms with van der Waals surface area (Å²) < 4.78 is 23.7. The lowest BCUT2D eigenvalue weighted by Crippen LogP contribution is -2.37. The van der Waals surface area contributed by atoms with Crippen LogP contribution in [0.3, 0.4) is 0 Å². The van der Waals surface area contributed by atoms with Crippen LogP contribution in [0.2, 0.25) is 0 Å². The highest BCUT2D eigenvalue weighted by Crippen LogP contribution is 2.14. The van der Waals surface area contributed by atoms with E-state index in [9.17, 15) is 18.0 Å². The molecule has 2 aromatic carbocycles. The standard InChI is InChI=1S/C19H21NO5S/c1-2-26(24,25)17-10-8-16(9-11-17)19(23)20(14-18(21)22)13-12-15-6-4-3-5-7-15/h3-11H,2,12-14H2,1H3,(H,21,22). The second-order valence-electron chi connectivity index (χ2n) is 5.78. The first-order valence-electron chi connectivity index (χ1n) is 8.21. The summed E-state index contributed by atoms with van der Waals surface area (Å²) >= 11 is 0. The number of amides is 1. The van der Waals surface area contributed by atoms with Gasteiger partial charge in [-0.15, -0.1) is 0 Å². The molecule has 0 bridgehead atoms. The topological polar surface area (TPSA) is 91.8 Å². The maximum absolute atomic E-state index is 12.6. The van der Waals surface area contributed by atoms with E-state index in [4.69, 9.17) is 5.11 Å². The summed E-state index contributed by atoms with van der Waals surface area (Å²) in [6, 6.07) is 15.1. The number of carbonyl (C=O) groups excluding carboxylic acids is 1. The minimum Gasteiger partial charge on any atom is -0.480 e. The Morgan fingerprint density at radius 3 is 2.15 bits per heavy atom. The van der Waals surface area contributed by atoms with Crippen LogP contribution >= 0.6 is 0 Å². The van der Waals surface area contributed by atoms with Crippen molar-refractivity contribution in [3.05, 3.63) is 65.7 Å². The molecule has 0 aliphatic heterocycles. The zero-order chi connectivity index (χ0) is 19.2. The lowest BCUT2D eigenvalue weighted by Gasteiger charge is -2.21. The molecule has 2 rings (SSSR count). The molecule has 0 saturated heterocycles. The lowest BCUT2D eigenvalue weighted by atomic mass is 10.1. The van der Waals surface area contributed by atoms with Crippen LogP contribution in [-0.2, 0) is 21.1 Å². The Bertz CT molecular complexity index is 861. The smallest absolute Gasteiger partial charge is 0.323 e. The molecule has 0 spiro atoms. The first-order valence-corrected chi connectivity index (χ1v) is 9.86. The van der Waals surface area contributed by atoms with E-state index in [1.54, 1.807) is 6.92 Å². The van der Waals surface area contributed by atoms with Crippen molar-refractivity contribution < 1.29 is 23.1 Å². The minimum atomic E-state index is -3.35. The van der Waals surface area contributed by atoms with E-state index in [0.29, 0.717) is 6.42 Å². The Morgan fingerprint density at radius 1 is 1.00 bits per heavy atom. The van der Waals surface area contributed by atoms with Crippen LogP contribution < -0.4 is 0 Å². The Balaban J connectivity index is 2.16. The van der Waals surface area contributed by atoms with Crippen molar-refractivity contribution >= 4 is 21.7 Å². The van der Waals surface area contributed by atoms with Gasteiger partial charge in [-0.25, -0.2) is 8.42 Å². The average molecular weight is 375 g/mol. The summed E-state index contributed by atoms with van der Waals surface area (Å²) in [6.45, 7) is 1.39. The predicted octanol–water partition coefficient (Wildman–Crippen LogP) is 2.25. The van der Waals surface area contributed by atoms with Crippen LogP contribution in [0, 0.1) is 0 Å². The summed E-state index contributed by atoms with van der Waals surface area (Å²) in [6.07, 6.45) is 0.530. The van der Waals surface area contributed by atoms with Gasteiger partial charge in [0.25, 0.3) is 5.91 Å². The number of nitrogens with zero attached hydrogens (tertiary/aromatic N) is 1. The zero-order valence-corrected chi connectivity index (χ0v) is 15.3. The number of aliphatic carboxylic acids is 1. The van der Waals surface area contributed by atoms with Crippen molar-refractivity contribution in [1.29, 1.82) is 0 Å². The van der Waals surface area contributed by atoms with Crippen LogP contribution in [0.25, 0.3) is 0 Å². The molecule has 0 aliphatic rings. The molecule has 2 aromatic rings. The number of carbonyl (C=O) groups is 2. The van der Waals surface area contributed by atoms with Gasteiger partial charge in [-0.05, 0) is 36.2 Å². The third-order valence-electron chi connectivity index (χ3n) is 3.97. The highest BCUT2D eigenvalue weighted by atomic mass is 32.2. The van der Waals surface area contributed by atoms with Gasteiger partial charge in [-0.1, -0.05) is 37.3 Å². The summed E-state index contributed by atoms with van der Waals surface area (Å²) in [5, 5.41) is 9.09. The molecule has 138 valence electrons. The van der Waals surface area contributed by atoms with Crippen LogP contribution in [0.5, 0.6) is 0 Å². The largest absolute Gasteiger partial charge is 0.480 e. The van der Waals surface area contributed by atoms with Crippen molar-refractivity contribution in [3.8, 4) is 0 Å². The van der Waals surface area contributed by atoms with E-state index in [2.05, 4.69) is 0 Å². The summed E-state index contributed by atoms with van der Waals surface area (Å²) in [7, 11) is -3.35. The zero-order valence-electron chi connectivity index (χ0n) is 14.5. The fourth-order valence-electron chi connectivity index (χ4n) is 2.48. The predicted molar refractivity (Wildman–Crippen MR) is 97.9 cm³/mol. The van der Waals surface area contributed by atoms with Gasteiger partial charge >= 0.3 is 5.97 Å². The monoisotopic (exact) mass is 375 g/mol. The van der Waals surface area contributed by atoms with Gasteiger partial charge in [0.1, 0.15) is 6.54 Å². The molecule has 0 heterocycles. The van der Waals surface area contributed by atoms with Crippen molar-refractivity contribution in [2.75, 3.05) is 18.8 Å². The number of rotatable bonds is 8. The maximum Gasteiger partial charge on any atom is 0.323 e. The number of carboxylic acids is 1. The first kappa shape index (κ1) is 19.7. The fraction of sp³-hybridized carbons (Fsp3) is 0.263. The lowest BCUT2D eigenvalue weighted by molar-refractivity contribution is -0.137. The van der Waals surface area contributed by atoms with Crippen LogP contribution in [0.4, 0.5) is 0 Å². The van der Waals surface area contributed by atoms with E-state index in [1.807, 2.05) is 30.3 Å². The molecule has 0 aromatic heterocycles. The molecule has 1 N–H and O–H groups in total. The van der Waals surface area contributed by atoms with E-state index < -0.39 is 28.3 Å². The molecule has 1 amide bonds. The Hall–Kier alpha value is -2.67. The van der Waals surface area contributed by atoms with Crippen LogP contribution in [-0.4, -0.2) is 49.1 Å². The normalized spacial score (nSPS) is 11.1. The van der Waals surface area contributed by atoms with Crippen LogP contribution in [0.1, 0.15) is 22.8 Å². The second-order valence-corrected chi connectivity index (χ2v) is 8.06. The van der Waals surface area contributed by atoms with Gasteiger partial charge in [0.05, 0.1) is 10.6 Å². The third kappa shape index (κ3) is 5.16. The molecular formula is C19H21NO5S. The number of hydrogen-bond acceptors (Lipinski definition) is 4. The Kier molecular flexibility index (Phi) is 6.52. The second kappa shape index (κ2) is 8.62. The van der Waals surface area contributed by atoms with E-state index in [-0.39, 0.29) is 22.8 Å². The number of sulfone groups is 1. The molecule has 0 radical (unpaired) electrons. The molecule has 0 saturated carbocycles. The summed E-state index contributed by atoms with van der Waals surface area (Å²) in [5.74, 6) is -1.57. The Labute approximate surface area is 153 Å². The summed E-state index contributed by atoms with van der Waals surface area (Å²) in [4.78, 5) is 25.1. The van der Waals surface area contributed by atoms with Crippen molar-refractivity contribution in [1.82, 2.24) is 4.90 Å². The molecule has 0 atom stereocenters. The Morgan fingerprint density at radius 2 is 1.62 bits per heavy atom. The van der Waals surface area contributed by atoms with Gasteiger partial charge in [0.15, 0.2) is 9.84 Å². The first-order chi connectivity index (χ1) is 12.3. The molecule has 7 heteroatoms. The number of benzene rings is 2. The fourth-order valence-corrected chi connectivity index (χ4v) is 3.36. The third-order valence-corrected chi connectivity index (χ3v) is 5.72. The van der Waals surface area contributed by atoms with Crippen molar-refractivity contribution in [3.63, 3.8) is 0 Å². The average Bonchev–Trinajstić information content (AvgIpc) is 2.65. The van der Waals surface area contributed by atoms with Crippen molar-refractivity contribution in [2.24, 2.45) is 0 Å². The molecule has 26 heavy (non-hydrogen) atoms. The number of hydrogen-bond donors (Lipinski definition) is 1. The molecular weight excluding hydrogens is 354 g/mol. The molecule has 0 aliphatic carbocycles. The van der Waals surface area contributed by atoms with Crippen molar-refractivity contribution in [2.45, 2.75) is 18.2 Å². The van der Waals surface area contributed by atoms with E-state index >= 15 is 0 Å². The maximum atomic E-state index is 12.6. The quantitative estimate of drug-likeness (QED) is 0.764. The highest BCUT2D eigenvalue weighted by Gasteiger charge is 2.19. The molecule has 0 fully saturated rings. The van der Waals surface area contributed by atoms with Gasteiger partial charge in [0, 0.05) is 12.1 Å². The van der Waals surface area contributed by atoms with E-state index in [1.165, 1.54) is 29.2 Å². The van der Waals surface area contributed by atoms with Gasteiger partial charge in [0.2, 0.25) is 0 Å². The minimum absolute atomic E-state index is 0.0253. The number of carboxylic acid groups (broad SMARTS) is 1. The van der Waals surface area contributed by atoms with Crippen LogP contribution in [0.15, 0.2) is 59.5 Å². The van der Waals surface area contributed by atoms with Gasteiger partial charge < -0.3 is 10.0 Å². The SMILES string of the molecule is CCS(=O)(=O)c1ccc(C(=O)N(CCc2ccccc2)CC(=O)O)cc1.